The van der Waals surface area contributed by atoms with Crippen molar-refractivity contribution in [2.45, 2.75) is 4.21 Å². The molecule has 0 aliphatic rings. The van der Waals surface area contributed by atoms with E-state index in [9.17, 15) is 8.42 Å². The summed E-state index contributed by atoms with van der Waals surface area (Å²) in [6.07, 6.45) is 0. The van der Waals surface area contributed by atoms with E-state index < -0.39 is 10.0 Å². The average Bonchev–Trinajstić information content (AvgIpc) is 2.82. The van der Waals surface area contributed by atoms with Gasteiger partial charge in [-0.05, 0) is 26.2 Å². The molecule has 1 N–H and O–H groups in total. The molecule has 0 aromatic carbocycles. The first-order valence-electron chi connectivity index (χ1n) is 5.68. The molecule has 1 heterocycles. The molecule has 0 atom stereocenters. The lowest BCUT2D eigenvalue weighted by molar-refractivity contribution is 0.122. The average molecular weight is 303 g/mol. The molecule has 0 radical (unpaired) electrons. The Balaban J connectivity index is 2.34. The summed E-state index contributed by atoms with van der Waals surface area (Å²) in [5.74, 6) is 0. The van der Waals surface area contributed by atoms with Gasteiger partial charge in [0.05, 0.1) is 13.2 Å². The molecule has 0 amide bonds. The SMILES string of the molecule is CN(C)CCOCCNS(=O)(=O)c1ccc(C#N)s1. The van der Waals surface area contributed by atoms with Crippen LogP contribution in [0.4, 0.5) is 0 Å². The standard InChI is InChI=1S/C11H17N3O3S2/c1-14(2)6-8-17-7-5-13-19(15,16)11-4-3-10(9-12)18-11/h3-4,13H,5-8H2,1-2H3. The monoisotopic (exact) mass is 303 g/mol. The van der Waals surface area contributed by atoms with Gasteiger partial charge in [-0.25, -0.2) is 13.1 Å². The fraction of sp³-hybridized carbons (Fsp3) is 0.545. The van der Waals surface area contributed by atoms with Gasteiger partial charge in [0.2, 0.25) is 10.0 Å². The van der Waals surface area contributed by atoms with Gasteiger partial charge < -0.3 is 9.64 Å². The van der Waals surface area contributed by atoms with Gasteiger partial charge in [-0.3, -0.25) is 0 Å². The fourth-order valence-corrected chi connectivity index (χ4v) is 3.35. The Morgan fingerprint density at radius 3 is 2.74 bits per heavy atom. The van der Waals surface area contributed by atoms with Crippen LogP contribution < -0.4 is 4.72 Å². The molecular weight excluding hydrogens is 286 g/mol. The maximum Gasteiger partial charge on any atom is 0.250 e. The van der Waals surface area contributed by atoms with Gasteiger partial charge in [-0.1, -0.05) is 0 Å². The highest BCUT2D eigenvalue weighted by Crippen LogP contribution is 2.20. The van der Waals surface area contributed by atoms with Gasteiger partial charge >= 0.3 is 0 Å². The van der Waals surface area contributed by atoms with E-state index in [1.807, 2.05) is 25.1 Å². The zero-order valence-corrected chi connectivity index (χ0v) is 12.6. The van der Waals surface area contributed by atoms with Crippen molar-refractivity contribution in [3.63, 3.8) is 0 Å². The summed E-state index contributed by atoms with van der Waals surface area (Å²) < 4.78 is 31.5. The Kier molecular flexibility index (Phi) is 6.41. The number of nitriles is 1. The van der Waals surface area contributed by atoms with Crippen LogP contribution in [0.5, 0.6) is 0 Å². The van der Waals surface area contributed by atoms with Crippen LogP contribution >= 0.6 is 11.3 Å². The number of hydrogen-bond acceptors (Lipinski definition) is 6. The van der Waals surface area contributed by atoms with Gasteiger partial charge in [0.15, 0.2) is 0 Å². The summed E-state index contributed by atoms with van der Waals surface area (Å²) in [5, 5.41) is 8.66. The van der Waals surface area contributed by atoms with E-state index in [1.165, 1.54) is 12.1 Å². The predicted molar refractivity (Wildman–Crippen MR) is 73.6 cm³/mol. The van der Waals surface area contributed by atoms with Crippen LogP contribution in [0, 0.1) is 11.3 Å². The van der Waals surface area contributed by atoms with E-state index >= 15 is 0 Å². The summed E-state index contributed by atoms with van der Waals surface area (Å²) in [6, 6.07) is 4.83. The Morgan fingerprint density at radius 2 is 2.16 bits per heavy atom. The van der Waals surface area contributed by atoms with Gasteiger partial charge in [0.1, 0.15) is 15.2 Å². The Bertz CT molecular complexity index is 532. The van der Waals surface area contributed by atoms with Gasteiger partial charge in [-0.2, -0.15) is 5.26 Å². The molecule has 0 saturated heterocycles. The van der Waals surface area contributed by atoms with E-state index in [0.29, 0.717) is 18.1 Å². The lowest BCUT2D eigenvalue weighted by Crippen LogP contribution is -2.28. The number of likely N-dealkylation sites (N-methyl/N-ethyl adjacent to an activating group) is 1. The molecule has 19 heavy (non-hydrogen) atoms. The largest absolute Gasteiger partial charge is 0.379 e. The molecule has 0 spiro atoms. The highest BCUT2D eigenvalue weighted by Gasteiger charge is 2.15. The molecule has 1 aromatic rings. The highest BCUT2D eigenvalue weighted by molar-refractivity contribution is 7.91. The molecule has 0 aliphatic heterocycles. The summed E-state index contributed by atoms with van der Waals surface area (Å²) in [6.45, 7) is 1.90. The molecule has 1 aromatic heterocycles. The maximum absolute atomic E-state index is 11.8. The topological polar surface area (TPSA) is 82.4 Å². The maximum atomic E-state index is 11.8. The molecule has 0 aliphatic carbocycles. The number of thiophene rings is 1. The van der Waals surface area contributed by atoms with Crippen molar-refractivity contribution >= 4 is 21.4 Å². The quantitative estimate of drug-likeness (QED) is 0.706. The molecule has 6 nitrogen and oxygen atoms in total. The van der Waals surface area contributed by atoms with Crippen LogP contribution in [0.2, 0.25) is 0 Å². The number of rotatable bonds is 8. The van der Waals surface area contributed by atoms with Crippen molar-refractivity contribution in [2.24, 2.45) is 0 Å². The lowest BCUT2D eigenvalue weighted by atomic mass is 10.5. The van der Waals surface area contributed by atoms with E-state index in [-0.39, 0.29) is 10.8 Å². The van der Waals surface area contributed by atoms with Crippen LogP contribution in [0.1, 0.15) is 4.88 Å². The van der Waals surface area contributed by atoms with Crippen LogP contribution in [0.25, 0.3) is 0 Å². The Morgan fingerprint density at radius 1 is 1.42 bits per heavy atom. The molecular formula is C11H17N3O3S2. The molecule has 0 bridgehead atoms. The van der Waals surface area contributed by atoms with Gasteiger partial charge in [-0.15, -0.1) is 11.3 Å². The summed E-state index contributed by atoms with van der Waals surface area (Å²) >= 11 is 0.953. The minimum atomic E-state index is -3.53. The molecule has 0 saturated carbocycles. The van der Waals surface area contributed by atoms with Crippen LogP contribution in [0.3, 0.4) is 0 Å². The minimum Gasteiger partial charge on any atom is -0.379 e. The second-order valence-corrected chi connectivity index (χ2v) is 7.12. The number of nitrogens with zero attached hydrogens (tertiary/aromatic N) is 2. The zero-order chi connectivity index (χ0) is 14.3. The van der Waals surface area contributed by atoms with Crippen molar-refractivity contribution in [1.82, 2.24) is 9.62 Å². The first-order valence-corrected chi connectivity index (χ1v) is 7.98. The van der Waals surface area contributed by atoms with Crippen molar-refractivity contribution in [3.8, 4) is 6.07 Å². The number of hydrogen-bond donors (Lipinski definition) is 1. The van der Waals surface area contributed by atoms with E-state index in [1.54, 1.807) is 0 Å². The number of nitrogens with one attached hydrogen (secondary N) is 1. The summed E-state index contributed by atoms with van der Waals surface area (Å²) in [5.41, 5.74) is 0. The minimum absolute atomic E-state index is 0.150. The smallest absolute Gasteiger partial charge is 0.250 e. The van der Waals surface area contributed by atoms with Crippen LogP contribution in [-0.2, 0) is 14.8 Å². The van der Waals surface area contributed by atoms with Crippen molar-refractivity contribution in [2.75, 3.05) is 40.4 Å². The Labute approximate surface area is 117 Å². The zero-order valence-electron chi connectivity index (χ0n) is 10.9. The van der Waals surface area contributed by atoms with Crippen LogP contribution in [0.15, 0.2) is 16.3 Å². The van der Waals surface area contributed by atoms with E-state index in [4.69, 9.17) is 10.00 Å². The third-order valence-corrected chi connectivity index (χ3v) is 5.12. The van der Waals surface area contributed by atoms with Crippen molar-refractivity contribution in [3.05, 3.63) is 17.0 Å². The Hall–Kier alpha value is -0.980. The second-order valence-electron chi connectivity index (χ2n) is 4.04. The lowest BCUT2D eigenvalue weighted by Gasteiger charge is -2.10. The third-order valence-electron chi connectivity index (χ3n) is 2.18. The van der Waals surface area contributed by atoms with Crippen molar-refractivity contribution in [1.29, 1.82) is 5.26 Å². The highest BCUT2D eigenvalue weighted by atomic mass is 32.2. The molecule has 0 unspecified atom stereocenters. The van der Waals surface area contributed by atoms with Gasteiger partial charge in [0.25, 0.3) is 0 Å². The van der Waals surface area contributed by atoms with E-state index in [0.717, 1.165) is 17.9 Å². The van der Waals surface area contributed by atoms with Crippen LogP contribution in [-0.4, -0.2) is 53.7 Å². The number of sulfonamides is 1. The first kappa shape index (κ1) is 16.1. The normalized spacial score (nSPS) is 11.7. The molecule has 8 heteroatoms. The third kappa shape index (κ3) is 5.67. The molecule has 106 valence electrons. The predicted octanol–water partition coefficient (Wildman–Crippen LogP) is 0.476. The second kappa shape index (κ2) is 7.57. The summed E-state index contributed by atoms with van der Waals surface area (Å²) in [7, 11) is 0.354. The summed E-state index contributed by atoms with van der Waals surface area (Å²) in [4.78, 5) is 2.36. The van der Waals surface area contributed by atoms with E-state index in [2.05, 4.69) is 4.72 Å². The number of ether oxygens (including phenoxy) is 1. The van der Waals surface area contributed by atoms with Gasteiger partial charge in [0, 0.05) is 13.1 Å². The molecule has 1 rings (SSSR count). The fourth-order valence-electron chi connectivity index (χ4n) is 1.19. The molecule has 0 fully saturated rings. The van der Waals surface area contributed by atoms with Crippen molar-refractivity contribution < 1.29 is 13.2 Å². The first-order chi connectivity index (χ1) is 8.95.